The number of hydrogen-bond donors (Lipinski definition) is 0. The maximum Gasteiger partial charge on any atom is 0.419 e. The van der Waals surface area contributed by atoms with Crippen LogP contribution in [0.15, 0.2) is 36.4 Å². The van der Waals surface area contributed by atoms with E-state index in [1.165, 1.54) is 24.3 Å². The van der Waals surface area contributed by atoms with Crippen molar-refractivity contribution in [1.29, 1.82) is 0 Å². The molecule has 2 aromatic rings. The molecule has 0 nitrogen and oxygen atoms in total. The summed E-state index contributed by atoms with van der Waals surface area (Å²) < 4.78 is 52.1. The van der Waals surface area contributed by atoms with Gasteiger partial charge < -0.3 is 0 Å². The summed E-state index contributed by atoms with van der Waals surface area (Å²) in [6, 6.07) is 7.28. The molecule has 0 aliphatic carbocycles. The van der Waals surface area contributed by atoms with Crippen LogP contribution < -0.4 is 0 Å². The van der Waals surface area contributed by atoms with E-state index in [9.17, 15) is 17.6 Å². The van der Waals surface area contributed by atoms with Gasteiger partial charge in [-0.3, -0.25) is 0 Å². The number of alkyl halides is 4. The second kappa shape index (κ2) is 6.03. The van der Waals surface area contributed by atoms with Crippen molar-refractivity contribution >= 4 is 34.8 Å². The second-order valence-corrected chi connectivity index (χ2v) is 5.49. The molecule has 0 aromatic heterocycles. The van der Waals surface area contributed by atoms with Crippen molar-refractivity contribution in [2.75, 3.05) is 0 Å². The molecule has 0 aliphatic rings. The molecule has 2 rings (SSSR count). The van der Waals surface area contributed by atoms with Crippen LogP contribution >= 0.6 is 34.8 Å². The van der Waals surface area contributed by atoms with Crippen LogP contribution in [-0.2, 0) is 6.18 Å². The minimum Gasteiger partial charge on any atom is -0.206 e. The van der Waals surface area contributed by atoms with Crippen molar-refractivity contribution in [3.63, 3.8) is 0 Å². The van der Waals surface area contributed by atoms with Gasteiger partial charge in [-0.1, -0.05) is 41.4 Å². The summed E-state index contributed by atoms with van der Waals surface area (Å²) in [5.74, 6) is -1.39. The van der Waals surface area contributed by atoms with Crippen LogP contribution in [0.25, 0.3) is 0 Å². The van der Waals surface area contributed by atoms with Crippen LogP contribution in [0.4, 0.5) is 17.6 Å². The smallest absolute Gasteiger partial charge is 0.206 e. The number of halogens is 7. The lowest BCUT2D eigenvalue weighted by Crippen LogP contribution is -2.10. The summed E-state index contributed by atoms with van der Waals surface area (Å²) in [4.78, 5) is 0. The zero-order valence-corrected chi connectivity index (χ0v) is 12.5. The highest BCUT2D eigenvalue weighted by atomic mass is 35.5. The van der Waals surface area contributed by atoms with Crippen molar-refractivity contribution in [1.82, 2.24) is 0 Å². The first-order valence-corrected chi connectivity index (χ1v) is 6.85. The molecule has 21 heavy (non-hydrogen) atoms. The number of benzene rings is 2. The highest BCUT2D eigenvalue weighted by Crippen LogP contribution is 2.38. The molecule has 0 heterocycles. The topological polar surface area (TPSA) is 0 Å². The molecule has 1 atom stereocenters. The predicted molar refractivity (Wildman–Crippen MR) is 75.6 cm³/mol. The molecule has 0 saturated heterocycles. The average Bonchev–Trinajstić information content (AvgIpc) is 2.40. The fourth-order valence-electron chi connectivity index (χ4n) is 1.81. The van der Waals surface area contributed by atoms with Gasteiger partial charge in [-0.2, -0.15) is 13.2 Å². The lowest BCUT2D eigenvalue weighted by atomic mass is 10.0. The standard InChI is InChI=1S/C14H7Cl3F4/c15-10-5-4-7(6-11(10)16)12(17)8-2-1-3-9(13(8)18)14(19,20)21/h1-6,12H. The van der Waals surface area contributed by atoms with E-state index in [2.05, 4.69) is 0 Å². The van der Waals surface area contributed by atoms with E-state index in [1.54, 1.807) is 0 Å². The summed E-state index contributed by atoms with van der Waals surface area (Å²) in [6.45, 7) is 0. The van der Waals surface area contributed by atoms with E-state index < -0.39 is 22.9 Å². The molecule has 0 N–H and O–H groups in total. The predicted octanol–water partition coefficient (Wildman–Crippen LogP) is 6.48. The van der Waals surface area contributed by atoms with E-state index >= 15 is 0 Å². The summed E-state index contributed by atoms with van der Waals surface area (Å²) in [5, 5.41) is -0.650. The molecule has 7 heteroatoms. The van der Waals surface area contributed by atoms with Crippen molar-refractivity contribution < 1.29 is 17.6 Å². The lowest BCUT2D eigenvalue weighted by molar-refractivity contribution is -0.140. The maximum atomic E-state index is 14.0. The van der Waals surface area contributed by atoms with Gasteiger partial charge in [0.05, 0.1) is 21.0 Å². The number of hydrogen-bond acceptors (Lipinski definition) is 0. The molecule has 0 fully saturated rings. The zero-order chi connectivity index (χ0) is 15.8. The van der Waals surface area contributed by atoms with Gasteiger partial charge in [0.25, 0.3) is 0 Å². The summed E-state index contributed by atoms with van der Waals surface area (Å²) in [7, 11) is 0. The van der Waals surface area contributed by atoms with Crippen LogP contribution in [0.1, 0.15) is 22.1 Å². The van der Waals surface area contributed by atoms with Gasteiger partial charge in [0, 0.05) is 5.56 Å². The van der Waals surface area contributed by atoms with Crippen LogP contribution in [-0.4, -0.2) is 0 Å². The third-order valence-electron chi connectivity index (χ3n) is 2.84. The van der Waals surface area contributed by atoms with E-state index in [0.29, 0.717) is 11.6 Å². The molecule has 112 valence electrons. The van der Waals surface area contributed by atoms with Gasteiger partial charge in [-0.25, -0.2) is 4.39 Å². The first kappa shape index (κ1) is 16.4. The van der Waals surface area contributed by atoms with Gasteiger partial charge in [0.15, 0.2) is 0 Å². The SMILES string of the molecule is Fc1c(C(Cl)c2ccc(Cl)c(Cl)c2)cccc1C(F)(F)F. The Kier molecular flexibility index (Phi) is 4.71. The highest BCUT2D eigenvalue weighted by molar-refractivity contribution is 6.42. The van der Waals surface area contributed by atoms with Crippen LogP contribution in [0.3, 0.4) is 0 Å². The minimum absolute atomic E-state index is 0.187. The molecule has 1 unspecified atom stereocenters. The monoisotopic (exact) mass is 356 g/mol. The van der Waals surface area contributed by atoms with Crippen LogP contribution in [0.5, 0.6) is 0 Å². The van der Waals surface area contributed by atoms with Gasteiger partial charge in [-0.05, 0) is 23.8 Å². The fourth-order valence-corrected chi connectivity index (χ4v) is 2.42. The van der Waals surface area contributed by atoms with Gasteiger partial charge >= 0.3 is 6.18 Å². The Morgan fingerprint density at radius 1 is 0.952 bits per heavy atom. The van der Waals surface area contributed by atoms with E-state index in [0.717, 1.165) is 6.07 Å². The summed E-state index contributed by atoms with van der Waals surface area (Å²) >= 11 is 17.6. The third-order valence-corrected chi connectivity index (χ3v) is 4.07. The highest BCUT2D eigenvalue weighted by Gasteiger charge is 2.35. The van der Waals surface area contributed by atoms with E-state index in [-0.39, 0.29) is 15.6 Å². The Labute approximate surface area is 133 Å². The van der Waals surface area contributed by atoms with E-state index in [1.807, 2.05) is 0 Å². The molecular formula is C14H7Cl3F4. The second-order valence-electron chi connectivity index (χ2n) is 4.24. The average molecular weight is 358 g/mol. The van der Waals surface area contributed by atoms with Crippen LogP contribution in [0.2, 0.25) is 10.0 Å². The third kappa shape index (κ3) is 3.44. The molecular weight excluding hydrogens is 351 g/mol. The van der Waals surface area contributed by atoms with Crippen molar-refractivity contribution in [2.24, 2.45) is 0 Å². The Morgan fingerprint density at radius 2 is 1.62 bits per heavy atom. The Morgan fingerprint density at radius 3 is 2.19 bits per heavy atom. The maximum absolute atomic E-state index is 14.0. The molecule has 0 saturated carbocycles. The van der Waals surface area contributed by atoms with E-state index in [4.69, 9.17) is 34.8 Å². The van der Waals surface area contributed by atoms with Crippen molar-refractivity contribution in [2.45, 2.75) is 11.6 Å². The first-order valence-electron chi connectivity index (χ1n) is 5.66. The van der Waals surface area contributed by atoms with Crippen LogP contribution in [0, 0.1) is 5.82 Å². The molecule has 0 radical (unpaired) electrons. The van der Waals surface area contributed by atoms with Gasteiger partial charge in [0.2, 0.25) is 0 Å². The number of rotatable bonds is 2. The molecule has 0 spiro atoms. The lowest BCUT2D eigenvalue weighted by Gasteiger charge is -2.15. The minimum atomic E-state index is -4.78. The van der Waals surface area contributed by atoms with Crippen molar-refractivity contribution in [3.05, 3.63) is 69.0 Å². The first-order chi connectivity index (χ1) is 9.71. The molecule has 0 bridgehead atoms. The zero-order valence-electron chi connectivity index (χ0n) is 10.2. The quantitative estimate of drug-likeness (QED) is 0.426. The molecule has 2 aromatic carbocycles. The Hall–Kier alpha value is -0.970. The largest absolute Gasteiger partial charge is 0.419 e. The summed E-state index contributed by atoms with van der Waals surface area (Å²) in [6.07, 6.45) is -4.78. The van der Waals surface area contributed by atoms with Crippen molar-refractivity contribution in [3.8, 4) is 0 Å². The van der Waals surface area contributed by atoms with Gasteiger partial charge in [0.1, 0.15) is 5.82 Å². The summed E-state index contributed by atoms with van der Waals surface area (Å²) in [5.41, 5.74) is -1.28. The Balaban J connectivity index is 2.48. The normalized spacial score (nSPS) is 13.3. The molecule has 0 aliphatic heterocycles. The Bertz CT molecular complexity index is 668. The van der Waals surface area contributed by atoms with Gasteiger partial charge in [-0.15, -0.1) is 11.6 Å². The molecule has 0 amide bonds. The fraction of sp³-hybridized carbons (Fsp3) is 0.143.